The molecule has 1 fully saturated rings. The van der Waals surface area contributed by atoms with E-state index >= 15 is 0 Å². The van der Waals surface area contributed by atoms with Gasteiger partial charge in [-0.1, -0.05) is 30.3 Å². The number of carboxylic acid groups (broad SMARTS) is 1. The van der Waals surface area contributed by atoms with Crippen LogP contribution in [0.5, 0.6) is 0 Å². The number of morpholine rings is 1. The van der Waals surface area contributed by atoms with Gasteiger partial charge in [-0.25, -0.2) is 0 Å². The fraction of sp³-hybridized carbons (Fsp3) is 0.316. The van der Waals surface area contributed by atoms with Crippen LogP contribution in [-0.2, 0) is 9.53 Å². The van der Waals surface area contributed by atoms with Crippen LogP contribution in [0.4, 0.5) is 0 Å². The Hall–Kier alpha value is -2.73. The third kappa shape index (κ3) is 4.03. The number of hydrogen-bond donors (Lipinski definition) is 1. The van der Waals surface area contributed by atoms with Crippen LogP contribution in [0.3, 0.4) is 0 Å². The van der Waals surface area contributed by atoms with Crippen LogP contribution in [0.25, 0.3) is 11.3 Å². The molecule has 6 heteroatoms. The Kier molecular flexibility index (Phi) is 5.09. The Morgan fingerprint density at radius 1 is 1.24 bits per heavy atom. The van der Waals surface area contributed by atoms with Gasteiger partial charge in [-0.05, 0) is 19.1 Å². The molecule has 1 aromatic heterocycles. The summed E-state index contributed by atoms with van der Waals surface area (Å²) in [7, 11) is 0. The molecule has 1 atom stereocenters. The van der Waals surface area contributed by atoms with Crippen molar-refractivity contribution < 1.29 is 19.4 Å². The molecule has 3 rings (SSSR count). The van der Waals surface area contributed by atoms with Gasteiger partial charge in [0.25, 0.3) is 5.91 Å². The van der Waals surface area contributed by atoms with E-state index in [2.05, 4.69) is 4.98 Å². The number of carboxylic acids is 1. The van der Waals surface area contributed by atoms with E-state index < -0.39 is 12.1 Å². The summed E-state index contributed by atoms with van der Waals surface area (Å²) in [5.74, 6) is -1.06. The molecule has 1 unspecified atom stereocenters. The van der Waals surface area contributed by atoms with Crippen LogP contribution >= 0.6 is 0 Å². The standard InChI is InChI=1S/C19H20N2O4/c1-13-16(7-8-17(20-13)14-5-3-2-4-6-14)19(24)21-9-10-25-15(12-21)11-18(22)23/h2-8,15H,9-12H2,1H3,(H,22,23). The number of nitrogens with zero attached hydrogens (tertiary/aromatic N) is 2. The summed E-state index contributed by atoms with van der Waals surface area (Å²) in [5.41, 5.74) is 3.01. The highest BCUT2D eigenvalue weighted by molar-refractivity contribution is 5.95. The fourth-order valence-corrected chi connectivity index (χ4v) is 2.95. The van der Waals surface area contributed by atoms with Crippen LogP contribution < -0.4 is 0 Å². The molecule has 0 saturated carbocycles. The van der Waals surface area contributed by atoms with Gasteiger partial charge >= 0.3 is 5.97 Å². The lowest BCUT2D eigenvalue weighted by atomic mass is 10.1. The zero-order valence-electron chi connectivity index (χ0n) is 14.0. The van der Waals surface area contributed by atoms with Gasteiger partial charge in [0.15, 0.2) is 0 Å². The highest BCUT2D eigenvalue weighted by atomic mass is 16.5. The first-order valence-electron chi connectivity index (χ1n) is 8.20. The van der Waals surface area contributed by atoms with Crippen LogP contribution in [0.15, 0.2) is 42.5 Å². The molecule has 1 aliphatic rings. The number of rotatable bonds is 4. The van der Waals surface area contributed by atoms with E-state index in [-0.39, 0.29) is 18.9 Å². The lowest BCUT2D eigenvalue weighted by Crippen LogP contribution is -2.46. The van der Waals surface area contributed by atoms with Gasteiger partial charge in [-0.3, -0.25) is 14.6 Å². The highest BCUT2D eigenvalue weighted by Gasteiger charge is 2.27. The van der Waals surface area contributed by atoms with E-state index in [1.165, 1.54) is 0 Å². The molecule has 0 bridgehead atoms. The van der Waals surface area contributed by atoms with Crippen molar-refractivity contribution >= 4 is 11.9 Å². The number of aromatic nitrogens is 1. The Morgan fingerprint density at radius 2 is 2.00 bits per heavy atom. The van der Waals surface area contributed by atoms with Gasteiger partial charge < -0.3 is 14.7 Å². The van der Waals surface area contributed by atoms with E-state index in [1.54, 1.807) is 11.0 Å². The van der Waals surface area contributed by atoms with E-state index in [4.69, 9.17) is 9.84 Å². The minimum Gasteiger partial charge on any atom is -0.481 e. The summed E-state index contributed by atoms with van der Waals surface area (Å²) in [4.78, 5) is 29.8. The monoisotopic (exact) mass is 340 g/mol. The topological polar surface area (TPSA) is 79.7 Å². The highest BCUT2D eigenvalue weighted by Crippen LogP contribution is 2.20. The molecule has 0 aliphatic carbocycles. The van der Waals surface area contributed by atoms with E-state index in [9.17, 15) is 9.59 Å². The van der Waals surface area contributed by atoms with Crippen LogP contribution in [-0.4, -0.2) is 52.7 Å². The van der Waals surface area contributed by atoms with Crippen molar-refractivity contribution in [3.63, 3.8) is 0 Å². The number of amides is 1. The normalized spacial score (nSPS) is 17.3. The predicted octanol–water partition coefficient (Wildman–Crippen LogP) is 2.37. The van der Waals surface area contributed by atoms with Gasteiger partial charge in [0, 0.05) is 18.7 Å². The maximum Gasteiger partial charge on any atom is 0.306 e. The number of carbonyl (C=O) groups is 2. The Labute approximate surface area is 146 Å². The van der Waals surface area contributed by atoms with E-state index in [0.29, 0.717) is 24.4 Å². The van der Waals surface area contributed by atoms with Gasteiger partial charge in [-0.2, -0.15) is 0 Å². The molecule has 1 N–H and O–H groups in total. The number of aliphatic carboxylic acids is 1. The third-order valence-corrected chi connectivity index (χ3v) is 4.21. The lowest BCUT2D eigenvalue weighted by Gasteiger charge is -2.32. The van der Waals surface area contributed by atoms with Crippen molar-refractivity contribution in [1.29, 1.82) is 0 Å². The average Bonchev–Trinajstić information content (AvgIpc) is 2.61. The second kappa shape index (κ2) is 7.44. The number of ether oxygens (including phenoxy) is 1. The molecule has 130 valence electrons. The second-order valence-electron chi connectivity index (χ2n) is 6.04. The lowest BCUT2D eigenvalue weighted by molar-refractivity contribution is -0.141. The summed E-state index contributed by atoms with van der Waals surface area (Å²) >= 11 is 0. The second-order valence-corrected chi connectivity index (χ2v) is 6.04. The molecule has 2 heterocycles. The summed E-state index contributed by atoms with van der Waals surface area (Å²) < 4.78 is 5.42. The third-order valence-electron chi connectivity index (χ3n) is 4.21. The van der Waals surface area contributed by atoms with E-state index in [1.807, 2.05) is 43.3 Å². The molecule has 1 aliphatic heterocycles. The zero-order chi connectivity index (χ0) is 17.8. The Bertz CT molecular complexity index is 776. The number of benzene rings is 1. The molecule has 2 aromatic rings. The summed E-state index contributed by atoms with van der Waals surface area (Å²) in [6.07, 6.45) is -0.569. The molecule has 1 saturated heterocycles. The molecular formula is C19H20N2O4. The van der Waals surface area contributed by atoms with Crippen LogP contribution in [0.1, 0.15) is 22.5 Å². The quantitative estimate of drug-likeness (QED) is 0.924. The Balaban J connectivity index is 1.77. The fourth-order valence-electron chi connectivity index (χ4n) is 2.95. The molecule has 1 aromatic carbocycles. The summed E-state index contributed by atoms with van der Waals surface area (Å²) in [6, 6.07) is 13.4. The Morgan fingerprint density at radius 3 is 2.68 bits per heavy atom. The van der Waals surface area contributed by atoms with Crippen molar-refractivity contribution in [2.75, 3.05) is 19.7 Å². The summed E-state index contributed by atoms with van der Waals surface area (Å²) in [6.45, 7) is 2.90. The smallest absolute Gasteiger partial charge is 0.306 e. The maximum atomic E-state index is 12.8. The maximum absolute atomic E-state index is 12.8. The minimum atomic E-state index is -0.927. The molecule has 0 radical (unpaired) electrons. The first-order valence-corrected chi connectivity index (χ1v) is 8.20. The largest absolute Gasteiger partial charge is 0.481 e. The number of pyridine rings is 1. The molecule has 0 spiro atoms. The number of aryl methyl sites for hydroxylation is 1. The molecule has 25 heavy (non-hydrogen) atoms. The van der Waals surface area contributed by atoms with E-state index in [0.717, 1.165) is 11.3 Å². The summed E-state index contributed by atoms with van der Waals surface area (Å²) in [5, 5.41) is 8.90. The van der Waals surface area contributed by atoms with Crippen LogP contribution in [0, 0.1) is 6.92 Å². The molecule has 6 nitrogen and oxygen atoms in total. The van der Waals surface area contributed by atoms with Crippen molar-refractivity contribution in [3.8, 4) is 11.3 Å². The average molecular weight is 340 g/mol. The van der Waals surface area contributed by atoms with Crippen molar-refractivity contribution in [2.24, 2.45) is 0 Å². The van der Waals surface area contributed by atoms with Crippen LogP contribution in [0.2, 0.25) is 0 Å². The predicted molar refractivity (Wildman–Crippen MR) is 92.3 cm³/mol. The zero-order valence-corrected chi connectivity index (χ0v) is 14.0. The van der Waals surface area contributed by atoms with Gasteiger partial charge in [0.05, 0.1) is 36.1 Å². The van der Waals surface area contributed by atoms with Crippen molar-refractivity contribution in [3.05, 3.63) is 53.7 Å². The number of carbonyl (C=O) groups excluding carboxylic acids is 1. The molecular weight excluding hydrogens is 320 g/mol. The number of hydrogen-bond acceptors (Lipinski definition) is 4. The first-order chi connectivity index (χ1) is 12.0. The van der Waals surface area contributed by atoms with Gasteiger partial charge in [0.1, 0.15) is 0 Å². The van der Waals surface area contributed by atoms with Crippen molar-refractivity contribution in [2.45, 2.75) is 19.4 Å². The molecule has 1 amide bonds. The minimum absolute atomic E-state index is 0.103. The first kappa shape index (κ1) is 17.1. The van der Waals surface area contributed by atoms with Gasteiger partial charge in [0.2, 0.25) is 0 Å². The van der Waals surface area contributed by atoms with Gasteiger partial charge in [-0.15, -0.1) is 0 Å². The SMILES string of the molecule is Cc1nc(-c2ccccc2)ccc1C(=O)N1CCOC(CC(=O)O)C1. The van der Waals surface area contributed by atoms with Crippen molar-refractivity contribution in [1.82, 2.24) is 9.88 Å².